The summed E-state index contributed by atoms with van der Waals surface area (Å²) in [5.41, 5.74) is 0. The molecule has 0 aromatic rings. The van der Waals surface area contributed by atoms with E-state index in [1.54, 1.807) is 0 Å². The number of hydrogen-bond donors (Lipinski definition) is 1. The minimum Gasteiger partial charge on any atom is -0.481 e. The van der Waals surface area contributed by atoms with Gasteiger partial charge in [0.15, 0.2) is 4.71 Å². The Kier molecular flexibility index (Phi) is 4.02. The summed E-state index contributed by atoms with van der Waals surface area (Å²) in [4.78, 5) is 9.78. The quantitative estimate of drug-likeness (QED) is 0.721. The van der Waals surface area contributed by atoms with Crippen molar-refractivity contribution in [2.45, 2.75) is 10.9 Å². The summed E-state index contributed by atoms with van der Waals surface area (Å²) < 4.78 is 32.5. The molecule has 1 N–H and O–H groups in total. The lowest BCUT2D eigenvalue weighted by atomic mass is 10.8. The second-order valence-electron chi connectivity index (χ2n) is 1.56. The van der Waals surface area contributed by atoms with E-state index >= 15 is 0 Å². The van der Waals surface area contributed by atoms with Gasteiger partial charge in [0.25, 0.3) is 0 Å². The fourth-order valence-electron chi connectivity index (χ4n) is 0.239. The van der Waals surface area contributed by atoms with Gasteiger partial charge in [0.05, 0.1) is 5.75 Å². The Morgan fingerprint density at radius 1 is 1.64 bits per heavy atom. The molecule has 1 atom stereocenters. The third kappa shape index (κ3) is 5.20. The number of alkyl halides is 4. The van der Waals surface area contributed by atoms with Gasteiger partial charge in [-0.05, 0) is 0 Å². The summed E-state index contributed by atoms with van der Waals surface area (Å²) in [5, 5.41) is 7.98. The highest BCUT2D eigenvalue weighted by Crippen LogP contribution is 2.32. The number of thioether (sulfide) groups is 1. The Bertz CT molecular complexity index is 149. The molecular weight excluding hydrogens is 205 g/mol. The third-order valence-corrected chi connectivity index (χ3v) is 2.21. The van der Waals surface area contributed by atoms with Crippen molar-refractivity contribution in [2.75, 3.05) is 5.75 Å². The predicted molar refractivity (Wildman–Crippen MR) is 35.8 cm³/mol. The van der Waals surface area contributed by atoms with Crippen molar-refractivity contribution in [1.29, 1.82) is 0 Å². The van der Waals surface area contributed by atoms with Crippen LogP contribution in [0.25, 0.3) is 0 Å². The molecule has 0 saturated heterocycles. The van der Waals surface area contributed by atoms with E-state index in [2.05, 4.69) is 0 Å². The maximum absolute atomic E-state index is 11.6. The van der Waals surface area contributed by atoms with Gasteiger partial charge in [0.2, 0.25) is 0 Å². The van der Waals surface area contributed by atoms with Crippen LogP contribution >= 0.6 is 23.4 Å². The maximum atomic E-state index is 11.6. The molecule has 0 amide bonds. The largest absolute Gasteiger partial charge is 0.481 e. The fraction of sp³-hybridized carbons (Fsp3) is 0.750. The Labute approximate surface area is 69.7 Å². The molecule has 1 unspecified atom stereocenters. The molecule has 0 heterocycles. The van der Waals surface area contributed by atoms with E-state index in [0.717, 1.165) is 0 Å². The molecule has 0 aliphatic rings. The van der Waals surface area contributed by atoms with Gasteiger partial charge in [-0.2, -0.15) is 13.2 Å². The van der Waals surface area contributed by atoms with Gasteiger partial charge in [-0.3, -0.25) is 4.79 Å². The molecule has 66 valence electrons. The number of halogens is 4. The number of hydrogen-bond acceptors (Lipinski definition) is 2. The van der Waals surface area contributed by atoms with E-state index in [1.807, 2.05) is 0 Å². The molecule has 2 nitrogen and oxygen atoms in total. The second-order valence-corrected chi connectivity index (χ2v) is 3.35. The van der Waals surface area contributed by atoms with E-state index in [-0.39, 0.29) is 11.8 Å². The summed E-state index contributed by atoms with van der Waals surface area (Å²) in [6, 6.07) is 0. The van der Waals surface area contributed by atoms with Gasteiger partial charge >= 0.3 is 12.1 Å². The first-order valence-electron chi connectivity index (χ1n) is 2.38. The van der Waals surface area contributed by atoms with Crippen LogP contribution in [-0.2, 0) is 4.79 Å². The van der Waals surface area contributed by atoms with Gasteiger partial charge in [-0.1, -0.05) is 0 Å². The van der Waals surface area contributed by atoms with Crippen molar-refractivity contribution in [2.24, 2.45) is 0 Å². The van der Waals surface area contributed by atoms with Gasteiger partial charge in [0, 0.05) is 0 Å². The highest BCUT2D eigenvalue weighted by atomic mass is 35.5. The Hall–Kier alpha value is -0.100. The smallest absolute Gasteiger partial charge is 0.414 e. The van der Waals surface area contributed by atoms with E-state index in [4.69, 9.17) is 16.7 Å². The zero-order chi connectivity index (χ0) is 9.07. The molecule has 0 aromatic carbocycles. The van der Waals surface area contributed by atoms with Crippen LogP contribution in [0.1, 0.15) is 0 Å². The average molecular weight is 209 g/mol. The number of aliphatic carboxylic acids is 1. The van der Waals surface area contributed by atoms with Crippen LogP contribution in [0.2, 0.25) is 0 Å². The summed E-state index contributed by atoms with van der Waals surface area (Å²) in [6.07, 6.45) is -4.54. The molecule has 0 aliphatic carbocycles. The van der Waals surface area contributed by atoms with Crippen LogP contribution in [0, 0.1) is 0 Å². The number of rotatable bonds is 3. The first kappa shape index (κ1) is 10.9. The summed E-state index contributed by atoms with van der Waals surface area (Å²) in [7, 11) is 0. The van der Waals surface area contributed by atoms with Crippen LogP contribution in [0.4, 0.5) is 13.2 Å². The summed E-state index contributed by atoms with van der Waals surface area (Å²) >= 11 is 4.91. The topological polar surface area (TPSA) is 37.3 Å². The van der Waals surface area contributed by atoms with E-state index < -0.39 is 22.6 Å². The first-order valence-corrected chi connectivity index (χ1v) is 3.86. The third-order valence-electron chi connectivity index (χ3n) is 0.610. The highest BCUT2D eigenvalue weighted by Gasteiger charge is 2.38. The number of carbonyl (C=O) groups is 1. The molecule has 0 saturated carbocycles. The molecule has 0 rings (SSSR count). The van der Waals surface area contributed by atoms with Crippen LogP contribution in [0.5, 0.6) is 0 Å². The molecule has 7 heteroatoms. The minimum absolute atomic E-state index is 0.132. The van der Waals surface area contributed by atoms with Crippen molar-refractivity contribution < 1.29 is 23.1 Å². The van der Waals surface area contributed by atoms with Crippen molar-refractivity contribution in [3.63, 3.8) is 0 Å². The lowest BCUT2D eigenvalue weighted by molar-refractivity contribution is -0.133. The Morgan fingerprint density at radius 2 is 2.09 bits per heavy atom. The van der Waals surface area contributed by atoms with Gasteiger partial charge in [-0.25, -0.2) is 0 Å². The fourth-order valence-corrected chi connectivity index (χ4v) is 0.906. The molecule has 0 fully saturated rings. The normalized spacial score (nSPS) is 14.5. The van der Waals surface area contributed by atoms with Crippen LogP contribution in [-0.4, -0.2) is 27.7 Å². The lowest BCUT2D eigenvalue weighted by Crippen LogP contribution is -2.21. The molecule has 0 bridgehead atoms. The van der Waals surface area contributed by atoms with E-state index in [1.165, 1.54) is 0 Å². The van der Waals surface area contributed by atoms with Crippen molar-refractivity contribution in [3.05, 3.63) is 0 Å². The number of carboxylic acids is 1. The van der Waals surface area contributed by atoms with Crippen LogP contribution in [0.3, 0.4) is 0 Å². The van der Waals surface area contributed by atoms with E-state index in [0.29, 0.717) is 0 Å². The lowest BCUT2D eigenvalue weighted by Gasteiger charge is -2.10. The maximum Gasteiger partial charge on any atom is 0.414 e. The summed E-state index contributed by atoms with van der Waals surface area (Å²) in [5.74, 6) is -1.96. The van der Waals surface area contributed by atoms with Gasteiger partial charge < -0.3 is 5.11 Å². The Morgan fingerprint density at radius 3 is 2.36 bits per heavy atom. The van der Waals surface area contributed by atoms with Crippen molar-refractivity contribution in [1.82, 2.24) is 0 Å². The van der Waals surface area contributed by atoms with Crippen molar-refractivity contribution in [3.8, 4) is 0 Å². The molecule has 0 radical (unpaired) electrons. The molecular formula is C4H4ClF3O2S. The SMILES string of the molecule is O=C(O)CSC(Cl)C(F)(F)F. The predicted octanol–water partition coefficient (Wildman–Crippen LogP) is 1.93. The molecule has 0 aromatic heterocycles. The zero-order valence-corrected chi connectivity index (χ0v) is 6.63. The second kappa shape index (κ2) is 4.06. The zero-order valence-electron chi connectivity index (χ0n) is 5.06. The minimum atomic E-state index is -4.54. The molecule has 0 aliphatic heterocycles. The van der Waals surface area contributed by atoms with Crippen molar-refractivity contribution >= 4 is 29.3 Å². The van der Waals surface area contributed by atoms with Gasteiger partial charge in [0.1, 0.15) is 0 Å². The monoisotopic (exact) mass is 208 g/mol. The van der Waals surface area contributed by atoms with Crippen LogP contribution < -0.4 is 0 Å². The van der Waals surface area contributed by atoms with Gasteiger partial charge in [-0.15, -0.1) is 23.4 Å². The highest BCUT2D eigenvalue weighted by molar-refractivity contribution is 8.01. The Balaban J connectivity index is 3.70. The number of carboxylic acid groups (broad SMARTS) is 1. The molecule has 0 spiro atoms. The summed E-state index contributed by atoms with van der Waals surface area (Å²) in [6.45, 7) is 0. The standard InChI is InChI=1S/C4H4ClF3O2S/c5-3(4(6,7)8)11-1-2(9)10/h3H,1H2,(H,9,10). The van der Waals surface area contributed by atoms with E-state index in [9.17, 15) is 18.0 Å². The average Bonchev–Trinajstić information content (AvgIpc) is 1.80. The molecule has 11 heavy (non-hydrogen) atoms. The first-order chi connectivity index (χ1) is 4.84. The van der Waals surface area contributed by atoms with Crippen LogP contribution in [0.15, 0.2) is 0 Å².